The standard InChI is InChI=1S/C10H11N3OS2/c1-7-13-8(6-16-7)4-9(14)12-5-10-11-2-3-15-10/h2-3,6H,4-5H2,1H3,(H,12,14). The zero-order valence-corrected chi connectivity index (χ0v) is 10.4. The number of amides is 1. The SMILES string of the molecule is Cc1nc(CC(=O)NCc2nccs2)cs1. The first kappa shape index (κ1) is 11.2. The summed E-state index contributed by atoms with van der Waals surface area (Å²) in [7, 11) is 0. The third-order valence-electron chi connectivity index (χ3n) is 1.93. The third-order valence-corrected chi connectivity index (χ3v) is 3.53. The van der Waals surface area contributed by atoms with Gasteiger partial charge in [-0.05, 0) is 6.92 Å². The van der Waals surface area contributed by atoms with Crippen molar-refractivity contribution in [3.63, 3.8) is 0 Å². The number of thiazole rings is 2. The molecule has 2 aromatic heterocycles. The molecule has 4 nitrogen and oxygen atoms in total. The van der Waals surface area contributed by atoms with E-state index in [9.17, 15) is 4.79 Å². The molecule has 0 aromatic carbocycles. The second kappa shape index (κ2) is 5.18. The molecule has 0 bridgehead atoms. The van der Waals surface area contributed by atoms with Crippen molar-refractivity contribution in [3.05, 3.63) is 32.7 Å². The lowest BCUT2D eigenvalue weighted by Crippen LogP contribution is -2.24. The van der Waals surface area contributed by atoms with E-state index in [0.29, 0.717) is 13.0 Å². The zero-order chi connectivity index (χ0) is 11.4. The first-order valence-corrected chi connectivity index (χ1v) is 6.56. The molecule has 0 aliphatic heterocycles. The Kier molecular flexibility index (Phi) is 3.63. The van der Waals surface area contributed by atoms with Gasteiger partial charge in [-0.2, -0.15) is 0 Å². The Morgan fingerprint density at radius 3 is 3.00 bits per heavy atom. The molecule has 0 fully saturated rings. The zero-order valence-electron chi connectivity index (χ0n) is 8.77. The van der Waals surface area contributed by atoms with Gasteiger partial charge in [0.25, 0.3) is 0 Å². The molecule has 0 radical (unpaired) electrons. The molecular formula is C10H11N3OS2. The van der Waals surface area contributed by atoms with E-state index in [1.807, 2.05) is 17.7 Å². The number of hydrogen-bond donors (Lipinski definition) is 1. The van der Waals surface area contributed by atoms with Gasteiger partial charge in [0.15, 0.2) is 0 Å². The average molecular weight is 253 g/mol. The van der Waals surface area contributed by atoms with E-state index in [2.05, 4.69) is 15.3 Å². The fraction of sp³-hybridized carbons (Fsp3) is 0.300. The summed E-state index contributed by atoms with van der Waals surface area (Å²) in [5, 5.41) is 8.53. The Hall–Kier alpha value is -1.27. The van der Waals surface area contributed by atoms with Gasteiger partial charge in [0.1, 0.15) is 5.01 Å². The smallest absolute Gasteiger partial charge is 0.226 e. The second-order valence-corrected chi connectivity index (χ2v) is 5.28. The molecule has 0 spiro atoms. The maximum absolute atomic E-state index is 11.5. The Morgan fingerprint density at radius 2 is 2.38 bits per heavy atom. The van der Waals surface area contributed by atoms with Gasteiger partial charge in [-0.1, -0.05) is 0 Å². The van der Waals surface area contributed by atoms with E-state index in [0.717, 1.165) is 15.7 Å². The van der Waals surface area contributed by atoms with Crippen LogP contribution >= 0.6 is 22.7 Å². The third kappa shape index (κ3) is 3.11. The molecule has 1 amide bonds. The highest BCUT2D eigenvalue weighted by molar-refractivity contribution is 7.09. The molecule has 0 aliphatic rings. The van der Waals surface area contributed by atoms with E-state index >= 15 is 0 Å². The second-order valence-electron chi connectivity index (χ2n) is 3.24. The van der Waals surface area contributed by atoms with Crippen LogP contribution in [0.4, 0.5) is 0 Å². The minimum Gasteiger partial charge on any atom is -0.349 e. The average Bonchev–Trinajstić information content (AvgIpc) is 2.87. The van der Waals surface area contributed by atoms with Crippen LogP contribution in [-0.2, 0) is 17.8 Å². The number of rotatable bonds is 4. The van der Waals surface area contributed by atoms with Crippen LogP contribution in [0.3, 0.4) is 0 Å². The number of carbonyl (C=O) groups excluding carboxylic acids is 1. The van der Waals surface area contributed by atoms with E-state index in [4.69, 9.17) is 0 Å². The van der Waals surface area contributed by atoms with Crippen molar-refractivity contribution in [2.45, 2.75) is 19.9 Å². The van der Waals surface area contributed by atoms with Crippen LogP contribution in [0.2, 0.25) is 0 Å². The van der Waals surface area contributed by atoms with Gasteiger partial charge < -0.3 is 5.32 Å². The molecule has 2 rings (SSSR count). The van der Waals surface area contributed by atoms with E-state index in [-0.39, 0.29) is 5.91 Å². The minimum atomic E-state index is -0.0134. The monoisotopic (exact) mass is 253 g/mol. The first-order valence-electron chi connectivity index (χ1n) is 4.80. The van der Waals surface area contributed by atoms with E-state index in [1.54, 1.807) is 17.5 Å². The first-order chi connectivity index (χ1) is 7.74. The van der Waals surface area contributed by atoms with Crippen LogP contribution in [-0.4, -0.2) is 15.9 Å². The predicted octanol–water partition coefficient (Wildman–Crippen LogP) is 1.77. The Bertz CT molecular complexity index is 464. The maximum atomic E-state index is 11.5. The molecule has 0 aliphatic carbocycles. The van der Waals surface area contributed by atoms with E-state index < -0.39 is 0 Å². The van der Waals surface area contributed by atoms with Gasteiger partial charge >= 0.3 is 0 Å². The van der Waals surface area contributed by atoms with Crippen LogP contribution in [0.5, 0.6) is 0 Å². The number of aromatic nitrogens is 2. The molecule has 2 heterocycles. The topological polar surface area (TPSA) is 54.9 Å². The Labute approximate surface area is 101 Å². The Balaban J connectivity index is 1.81. The van der Waals surface area contributed by atoms with Crippen LogP contribution in [0, 0.1) is 6.92 Å². The van der Waals surface area contributed by atoms with Crippen molar-refractivity contribution < 1.29 is 4.79 Å². The molecule has 0 saturated heterocycles. The molecule has 1 N–H and O–H groups in total. The van der Waals surface area contributed by atoms with Gasteiger partial charge in [0.05, 0.1) is 23.7 Å². The van der Waals surface area contributed by atoms with Crippen molar-refractivity contribution >= 4 is 28.6 Å². The molecule has 84 valence electrons. The summed E-state index contributed by atoms with van der Waals surface area (Å²) in [6.45, 7) is 2.43. The summed E-state index contributed by atoms with van der Waals surface area (Å²) in [4.78, 5) is 19.9. The predicted molar refractivity (Wildman–Crippen MR) is 64.5 cm³/mol. The summed E-state index contributed by atoms with van der Waals surface area (Å²) in [5.41, 5.74) is 0.833. The van der Waals surface area contributed by atoms with Gasteiger partial charge in [0.2, 0.25) is 5.91 Å². The lowest BCUT2D eigenvalue weighted by Gasteiger charge is -2.00. The maximum Gasteiger partial charge on any atom is 0.226 e. The number of carbonyl (C=O) groups is 1. The summed E-state index contributed by atoms with van der Waals surface area (Å²) < 4.78 is 0. The van der Waals surface area contributed by atoms with Crippen molar-refractivity contribution in [1.29, 1.82) is 0 Å². The molecule has 6 heteroatoms. The van der Waals surface area contributed by atoms with Gasteiger partial charge in [-0.25, -0.2) is 9.97 Å². The van der Waals surface area contributed by atoms with E-state index in [1.165, 1.54) is 11.3 Å². The summed E-state index contributed by atoms with van der Waals surface area (Å²) in [5.74, 6) is -0.0134. The van der Waals surface area contributed by atoms with Gasteiger partial charge in [0, 0.05) is 17.0 Å². The lowest BCUT2D eigenvalue weighted by atomic mass is 10.3. The molecule has 2 aromatic rings. The minimum absolute atomic E-state index is 0.0134. The van der Waals surface area contributed by atoms with Gasteiger partial charge in [-0.15, -0.1) is 22.7 Å². The molecule has 0 unspecified atom stereocenters. The van der Waals surface area contributed by atoms with Crippen LogP contribution in [0.15, 0.2) is 17.0 Å². The van der Waals surface area contributed by atoms with Crippen molar-refractivity contribution in [2.24, 2.45) is 0 Å². The highest BCUT2D eigenvalue weighted by atomic mass is 32.1. The summed E-state index contributed by atoms with van der Waals surface area (Å²) >= 11 is 3.10. The number of nitrogens with zero attached hydrogens (tertiary/aromatic N) is 2. The molecule has 0 saturated carbocycles. The van der Waals surface area contributed by atoms with Crippen molar-refractivity contribution in [2.75, 3.05) is 0 Å². The van der Waals surface area contributed by atoms with Crippen LogP contribution in [0.25, 0.3) is 0 Å². The summed E-state index contributed by atoms with van der Waals surface area (Å²) in [6.07, 6.45) is 2.08. The van der Waals surface area contributed by atoms with Gasteiger partial charge in [-0.3, -0.25) is 4.79 Å². The highest BCUT2D eigenvalue weighted by Crippen LogP contribution is 2.08. The fourth-order valence-electron chi connectivity index (χ4n) is 1.23. The van der Waals surface area contributed by atoms with Crippen molar-refractivity contribution in [1.82, 2.24) is 15.3 Å². The number of nitrogens with one attached hydrogen (secondary N) is 1. The van der Waals surface area contributed by atoms with Crippen LogP contribution in [0.1, 0.15) is 15.7 Å². The number of aryl methyl sites for hydroxylation is 1. The molecule has 16 heavy (non-hydrogen) atoms. The highest BCUT2D eigenvalue weighted by Gasteiger charge is 2.06. The summed E-state index contributed by atoms with van der Waals surface area (Å²) in [6, 6.07) is 0. The Morgan fingerprint density at radius 1 is 1.50 bits per heavy atom. The molecular weight excluding hydrogens is 242 g/mol. The van der Waals surface area contributed by atoms with Crippen LogP contribution < -0.4 is 5.32 Å². The molecule has 0 atom stereocenters. The lowest BCUT2D eigenvalue weighted by molar-refractivity contribution is -0.120. The fourth-order valence-corrected chi connectivity index (χ4v) is 2.40. The largest absolute Gasteiger partial charge is 0.349 e. The van der Waals surface area contributed by atoms with Crippen molar-refractivity contribution in [3.8, 4) is 0 Å². The number of hydrogen-bond acceptors (Lipinski definition) is 5. The normalized spacial score (nSPS) is 10.3. The quantitative estimate of drug-likeness (QED) is 0.903.